The Kier molecular flexibility index (Phi) is 6.33. The number of aromatic nitrogens is 2. The molecule has 3 aromatic carbocycles. The van der Waals surface area contributed by atoms with Crippen molar-refractivity contribution in [2.75, 3.05) is 4.90 Å². The van der Waals surface area contributed by atoms with Gasteiger partial charge in [0.15, 0.2) is 5.82 Å². The molecule has 160 valence electrons. The van der Waals surface area contributed by atoms with Crippen LogP contribution in [-0.2, 0) is 11.3 Å². The van der Waals surface area contributed by atoms with E-state index in [0.717, 1.165) is 16.3 Å². The Balaban J connectivity index is 1.66. The minimum atomic E-state index is -0.674. The molecular formula is C26H23N3O3. The summed E-state index contributed by atoms with van der Waals surface area (Å²) in [6.07, 6.45) is 1.93. The first kappa shape index (κ1) is 21.3. The Morgan fingerprint density at radius 2 is 1.66 bits per heavy atom. The molecular weight excluding hydrogens is 402 g/mol. The molecule has 6 heteroatoms. The molecule has 1 amide bonds. The van der Waals surface area contributed by atoms with Crippen LogP contribution in [0.15, 0.2) is 85.2 Å². The normalized spacial score (nSPS) is 11.8. The first-order valence-electron chi connectivity index (χ1n) is 10.4. The van der Waals surface area contributed by atoms with Gasteiger partial charge in [0.2, 0.25) is 11.7 Å². The number of carbonyl (C=O) groups is 2. The molecule has 1 atom stereocenters. The highest BCUT2D eigenvalue weighted by Gasteiger charge is 2.22. The number of anilines is 1. The monoisotopic (exact) mass is 425 g/mol. The fourth-order valence-corrected chi connectivity index (χ4v) is 3.55. The minimum Gasteiger partial charge on any atom is -0.389 e. The number of aliphatic hydroxyl groups is 1. The molecule has 0 radical (unpaired) electrons. The maximum Gasteiger partial charge on any atom is 0.235 e. The smallest absolute Gasteiger partial charge is 0.235 e. The number of benzene rings is 3. The molecule has 32 heavy (non-hydrogen) atoms. The van der Waals surface area contributed by atoms with Gasteiger partial charge in [0.05, 0.1) is 19.1 Å². The van der Waals surface area contributed by atoms with Gasteiger partial charge < -0.3 is 10.0 Å². The molecule has 0 aliphatic carbocycles. The average Bonchev–Trinajstić information content (AvgIpc) is 2.83. The van der Waals surface area contributed by atoms with Gasteiger partial charge in [0.25, 0.3) is 0 Å². The predicted molar refractivity (Wildman–Crippen MR) is 123 cm³/mol. The molecule has 1 heterocycles. The molecule has 0 spiro atoms. The molecule has 0 saturated carbocycles. The van der Waals surface area contributed by atoms with Gasteiger partial charge >= 0.3 is 0 Å². The Morgan fingerprint density at radius 1 is 0.906 bits per heavy atom. The fourth-order valence-electron chi connectivity index (χ4n) is 3.55. The zero-order chi connectivity index (χ0) is 22.5. The van der Waals surface area contributed by atoms with E-state index in [1.165, 1.54) is 12.4 Å². The molecule has 6 nitrogen and oxygen atoms in total. The summed E-state index contributed by atoms with van der Waals surface area (Å²) in [5.41, 5.74) is 2.24. The Bertz CT molecular complexity index is 1260. The maximum atomic E-state index is 13.3. The van der Waals surface area contributed by atoms with E-state index < -0.39 is 11.9 Å². The van der Waals surface area contributed by atoms with E-state index in [1.807, 2.05) is 42.5 Å². The van der Waals surface area contributed by atoms with Crippen molar-refractivity contribution in [1.82, 2.24) is 9.97 Å². The van der Waals surface area contributed by atoms with Crippen LogP contribution in [0.3, 0.4) is 0 Å². The van der Waals surface area contributed by atoms with E-state index in [4.69, 9.17) is 0 Å². The summed E-state index contributed by atoms with van der Waals surface area (Å²) < 4.78 is 0. The number of fused-ring (bicyclic) bond motifs is 1. The number of ketones is 1. The summed E-state index contributed by atoms with van der Waals surface area (Å²) in [4.78, 5) is 35.3. The van der Waals surface area contributed by atoms with Crippen LogP contribution in [0.1, 0.15) is 41.2 Å². The molecule has 0 aliphatic rings. The van der Waals surface area contributed by atoms with Crippen molar-refractivity contribution in [3.8, 4) is 0 Å². The standard InChI is InChI=1S/C26H23N3O3/c1-18(30)21-8-4-9-23(15-21)29(25(32)16-24(31)26-27-12-5-13-28-26)17-19-10-11-20-6-2-3-7-22(20)14-19/h2-15,18,30H,16-17H2,1H3. The third kappa shape index (κ3) is 4.87. The van der Waals surface area contributed by atoms with Crippen molar-refractivity contribution in [3.05, 3.63) is 102 Å². The van der Waals surface area contributed by atoms with E-state index in [0.29, 0.717) is 11.3 Å². The fraction of sp³-hybridized carbons (Fsp3) is 0.154. The molecule has 4 rings (SSSR count). The molecule has 0 bridgehead atoms. The van der Waals surface area contributed by atoms with E-state index in [1.54, 1.807) is 42.2 Å². The van der Waals surface area contributed by atoms with Gasteiger partial charge in [0, 0.05) is 18.1 Å². The lowest BCUT2D eigenvalue weighted by atomic mass is 10.1. The number of carbonyl (C=O) groups excluding carboxylic acids is 2. The van der Waals surface area contributed by atoms with E-state index in [9.17, 15) is 14.7 Å². The van der Waals surface area contributed by atoms with Crippen LogP contribution in [0.5, 0.6) is 0 Å². The van der Waals surface area contributed by atoms with E-state index in [2.05, 4.69) is 9.97 Å². The number of rotatable bonds is 7. The lowest BCUT2D eigenvalue weighted by Gasteiger charge is -2.24. The summed E-state index contributed by atoms with van der Waals surface area (Å²) in [7, 11) is 0. The van der Waals surface area contributed by atoms with Crippen LogP contribution >= 0.6 is 0 Å². The van der Waals surface area contributed by atoms with Crippen LogP contribution in [-0.4, -0.2) is 26.8 Å². The van der Waals surface area contributed by atoms with E-state index >= 15 is 0 Å². The number of amides is 1. The van der Waals surface area contributed by atoms with Gasteiger partial charge in [-0.3, -0.25) is 9.59 Å². The van der Waals surface area contributed by atoms with Crippen LogP contribution < -0.4 is 4.90 Å². The van der Waals surface area contributed by atoms with Gasteiger partial charge in [-0.05, 0) is 53.1 Å². The Morgan fingerprint density at radius 3 is 2.41 bits per heavy atom. The van der Waals surface area contributed by atoms with Gasteiger partial charge in [-0.15, -0.1) is 0 Å². The molecule has 1 unspecified atom stereocenters. The first-order valence-corrected chi connectivity index (χ1v) is 10.4. The average molecular weight is 425 g/mol. The van der Waals surface area contributed by atoms with Gasteiger partial charge in [-0.1, -0.05) is 48.5 Å². The summed E-state index contributed by atoms with van der Waals surface area (Å²) >= 11 is 0. The van der Waals surface area contributed by atoms with Crippen LogP contribution in [0.25, 0.3) is 10.8 Å². The zero-order valence-electron chi connectivity index (χ0n) is 17.7. The van der Waals surface area contributed by atoms with Crippen LogP contribution in [0.4, 0.5) is 5.69 Å². The highest BCUT2D eigenvalue weighted by Crippen LogP contribution is 2.25. The van der Waals surface area contributed by atoms with Gasteiger partial charge in [-0.25, -0.2) is 9.97 Å². The van der Waals surface area contributed by atoms with Crippen molar-refractivity contribution in [1.29, 1.82) is 0 Å². The van der Waals surface area contributed by atoms with Crippen molar-refractivity contribution in [3.63, 3.8) is 0 Å². The lowest BCUT2D eigenvalue weighted by Crippen LogP contribution is -2.32. The molecule has 1 N–H and O–H groups in total. The predicted octanol–water partition coefficient (Wildman–Crippen LogP) is 4.49. The number of hydrogen-bond donors (Lipinski definition) is 1. The van der Waals surface area contributed by atoms with Gasteiger partial charge in [0.1, 0.15) is 0 Å². The highest BCUT2D eigenvalue weighted by molar-refractivity contribution is 6.10. The molecule has 4 aromatic rings. The Labute approximate surface area is 186 Å². The van der Waals surface area contributed by atoms with Gasteiger partial charge in [-0.2, -0.15) is 0 Å². The Hall–Kier alpha value is -3.90. The van der Waals surface area contributed by atoms with Crippen molar-refractivity contribution < 1.29 is 14.7 Å². The number of Topliss-reactive ketones (excluding diaryl/α,β-unsaturated/α-hetero) is 1. The number of hydrogen-bond acceptors (Lipinski definition) is 5. The molecule has 0 aliphatic heterocycles. The number of aliphatic hydroxyl groups excluding tert-OH is 1. The van der Waals surface area contributed by atoms with Crippen molar-refractivity contribution in [2.24, 2.45) is 0 Å². The topological polar surface area (TPSA) is 83.4 Å². The summed E-state index contributed by atoms with van der Waals surface area (Å²) in [5.74, 6) is -0.784. The summed E-state index contributed by atoms with van der Waals surface area (Å²) in [6, 6.07) is 22.8. The summed E-state index contributed by atoms with van der Waals surface area (Å²) in [6.45, 7) is 1.96. The quantitative estimate of drug-likeness (QED) is 0.348. The molecule has 1 aromatic heterocycles. The van der Waals surface area contributed by atoms with Crippen LogP contribution in [0.2, 0.25) is 0 Å². The largest absolute Gasteiger partial charge is 0.389 e. The van der Waals surface area contributed by atoms with Crippen molar-refractivity contribution >= 4 is 28.2 Å². The number of nitrogens with zero attached hydrogens (tertiary/aromatic N) is 3. The maximum absolute atomic E-state index is 13.3. The lowest BCUT2D eigenvalue weighted by molar-refractivity contribution is -0.117. The SMILES string of the molecule is CC(O)c1cccc(N(Cc2ccc3ccccc3c2)C(=O)CC(=O)c2ncccn2)c1. The second-order valence-electron chi connectivity index (χ2n) is 7.60. The van der Waals surface area contributed by atoms with Crippen LogP contribution in [0, 0.1) is 0 Å². The molecule has 0 fully saturated rings. The zero-order valence-corrected chi connectivity index (χ0v) is 17.7. The highest BCUT2D eigenvalue weighted by atomic mass is 16.3. The second-order valence-corrected chi connectivity index (χ2v) is 7.60. The third-order valence-corrected chi connectivity index (χ3v) is 5.25. The summed E-state index contributed by atoms with van der Waals surface area (Å²) in [5, 5.41) is 12.2. The van der Waals surface area contributed by atoms with E-state index in [-0.39, 0.29) is 24.7 Å². The second kappa shape index (κ2) is 9.49. The minimum absolute atomic E-state index is 0.0178. The first-order chi connectivity index (χ1) is 15.5. The van der Waals surface area contributed by atoms with Crippen molar-refractivity contribution in [2.45, 2.75) is 26.0 Å². The third-order valence-electron chi connectivity index (χ3n) is 5.25. The molecule has 0 saturated heterocycles.